The second kappa shape index (κ2) is 10.1. The van der Waals surface area contributed by atoms with E-state index in [2.05, 4.69) is 10.3 Å². The zero-order valence-corrected chi connectivity index (χ0v) is 21.3. The summed E-state index contributed by atoms with van der Waals surface area (Å²) in [7, 11) is 6.20. The first kappa shape index (κ1) is 24.7. The number of ether oxygens (including phenoxy) is 2. The Bertz CT molecular complexity index is 1500. The number of aryl methyl sites for hydroxylation is 1. The minimum absolute atomic E-state index is 0.196. The summed E-state index contributed by atoms with van der Waals surface area (Å²) in [4.78, 5) is 30.2. The number of nitrogens with zero attached hydrogens (tertiary/aromatic N) is 4. The van der Waals surface area contributed by atoms with Crippen LogP contribution < -0.4 is 26.0 Å². The molecule has 184 valence electrons. The maximum Gasteiger partial charge on any atom is 0.332 e. The van der Waals surface area contributed by atoms with Gasteiger partial charge in [0.15, 0.2) is 22.7 Å². The Morgan fingerprint density at radius 2 is 1.66 bits per heavy atom. The Hall–Kier alpha value is -3.43. The van der Waals surface area contributed by atoms with E-state index >= 15 is 0 Å². The van der Waals surface area contributed by atoms with Gasteiger partial charge in [-0.1, -0.05) is 35.3 Å². The minimum atomic E-state index is -0.459. The Morgan fingerprint density at radius 3 is 2.31 bits per heavy atom. The van der Waals surface area contributed by atoms with Gasteiger partial charge in [0, 0.05) is 36.2 Å². The molecule has 11 heteroatoms. The lowest BCUT2D eigenvalue weighted by molar-refractivity contribution is 0.354. The van der Waals surface area contributed by atoms with Gasteiger partial charge in [0.25, 0.3) is 5.56 Å². The molecule has 35 heavy (non-hydrogen) atoms. The van der Waals surface area contributed by atoms with Crippen LogP contribution in [-0.4, -0.2) is 39.4 Å². The van der Waals surface area contributed by atoms with E-state index in [-0.39, 0.29) is 17.7 Å². The highest BCUT2D eigenvalue weighted by atomic mass is 35.5. The first-order valence-electron chi connectivity index (χ1n) is 10.8. The second-order valence-electron chi connectivity index (χ2n) is 7.97. The van der Waals surface area contributed by atoms with Gasteiger partial charge in [-0.15, -0.1) is 0 Å². The number of fused-ring (bicyclic) bond motifs is 1. The summed E-state index contributed by atoms with van der Waals surface area (Å²) in [6.07, 6.45) is 0.646. The zero-order chi connectivity index (χ0) is 25.3. The van der Waals surface area contributed by atoms with Gasteiger partial charge in [-0.25, -0.2) is 4.79 Å². The summed E-state index contributed by atoms with van der Waals surface area (Å²) in [5.41, 5.74) is 1.31. The molecule has 0 bridgehead atoms. The number of rotatable bonds is 8. The molecule has 0 amide bonds. The first-order chi connectivity index (χ1) is 16.8. The molecule has 2 aromatic heterocycles. The van der Waals surface area contributed by atoms with Crippen LogP contribution in [0.5, 0.6) is 11.5 Å². The fraction of sp³-hybridized carbons (Fsp3) is 0.292. The molecule has 0 atom stereocenters. The molecular weight excluding hydrogens is 493 g/mol. The predicted molar refractivity (Wildman–Crippen MR) is 138 cm³/mol. The Morgan fingerprint density at radius 1 is 0.971 bits per heavy atom. The van der Waals surface area contributed by atoms with Crippen LogP contribution in [0.25, 0.3) is 11.2 Å². The van der Waals surface area contributed by atoms with Crippen molar-refractivity contribution in [3.63, 3.8) is 0 Å². The van der Waals surface area contributed by atoms with Gasteiger partial charge in [-0.3, -0.25) is 18.5 Å². The maximum atomic E-state index is 13.1. The van der Waals surface area contributed by atoms with Gasteiger partial charge in [0.1, 0.15) is 0 Å². The van der Waals surface area contributed by atoms with Crippen molar-refractivity contribution in [2.45, 2.75) is 13.0 Å². The third-order valence-corrected chi connectivity index (χ3v) is 6.58. The second-order valence-corrected chi connectivity index (χ2v) is 8.78. The fourth-order valence-corrected chi connectivity index (χ4v) is 4.45. The zero-order valence-electron chi connectivity index (χ0n) is 19.8. The molecule has 0 saturated heterocycles. The standard InChI is InChI=1S/C24H25Cl2N5O4/c1-29-21-20(22(32)30(2)24(29)33)31(13-15-16(25)6-5-7-17(15)26)23(28-21)27-11-10-14-8-9-18(34-3)19(12-14)35-4/h5-9,12H,10-11,13H2,1-4H3,(H,27,28). The largest absolute Gasteiger partial charge is 0.493 e. The normalized spacial score (nSPS) is 11.1. The van der Waals surface area contributed by atoms with Gasteiger partial charge in [-0.2, -0.15) is 4.98 Å². The number of anilines is 1. The SMILES string of the molecule is COc1ccc(CCNc2nc3c(c(=O)n(C)c(=O)n3C)n2Cc2c(Cl)cccc2Cl)cc1OC. The van der Waals surface area contributed by atoms with Crippen molar-refractivity contribution in [1.29, 1.82) is 0 Å². The third kappa shape index (κ3) is 4.61. The van der Waals surface area contributed by atoms with Crippen molar-refractivity contribution in [2.75, 3.05) is 26.1 Å². The van der Waals surface area contributed by atoms with E-state index in [1.54, 1.807) is 44.0 Å². The predicted octanol–water partition coefficient (Wildman–Crippen LogP) is 3.46. The number of halogens is 2. The van der Waals surface area contributed by atoms with Crippen molar-refractivity contribution in [2.24, 2.45) is 14.1 Å². The van der Waals surface area contributed by atoms with E-state index in [0.717, 1.165) is 10.1 Å². The number of nitrogens with one attached hydrogen (secondary N) is 1. The van der Waals surface area contributed by atoms with E-state index in [1.807, 2.05) is 18.2 Å². The third-order valence-electron chi connectivity index (χ3n) is 5.87. The average Bonchev–Trinajstić information content (AvgIpc) is 3.21. The minimum Gasteiger partial charge on any atom is -0.493 e. The van der Waals surface area contributed by atoms with Crippen molar-refractivity contribution in [1.82, 2.24) is 18.7 Å². The molecule has 0 saturated carbocycles. The Kier molecular flexibility index (Phi) is 7.09. The number of aromatic nitrogens is 4. The van der Waals surface area contributed by atoms with Crippen LogP contribution in [-0.2, 0) is 27.1 Å². The van der Waals surface area contributed by atoms with Gasteiger partial charge in [0.05, 0.1) is 20.8 Å². The Balaban J connectivity index is 1.73. The van der Waals surface area contributed by atoms with E-state index in [1.165, 1.54) is 11.6 Å². The lowest BCUT2D eigenvalue weighted by Crippen LogP contribution is -2.37. The smallest absolute Gasteiger partial charge is 0.332 e. The van der Waals surface area contributed by atoms with Crippen LogP contribution in [0.1, 0.15) is 11.1 Å². The van der Waals surface area contributed by atoms with Crippen LogP contribution in [0.2, 0.25) is 10.0 Å². The number of hydrogen-bond donors (Lipinski definition) is 1. The van der Waals surface area contributed by atoms with Crippen LogP contribution in [0, 0.1) is 0 Å². The number of hydrogen-bond acceptors (Lipinski definition) is 6. The molecule has 4 rings (SSSR count). The molecule has 4 aromatic rings. The molecule has 0 aliphatic carbocycles. The average molecular weight is 518 g/mol. The maximum absolute atomic E-state index is 13.1. The van der Waals surface area contributed by atoms with E-state index < -0.39 is 11.2 Å². The highest BCUT2D eigenvalue weighted by molar-refractivity contribution is 6.36. The highest BCUT2D eigenvalue weighted by Gasteiger charge is 2.20. The van der Waals surface area contributed by atoms with Gasteiger partial charge < -0.3 is 14.8 Å². The molecule has 0 aliphatic rings. The van der Waals surface area contributed by atoms with Crippen LogP contribution in [0.3, 0.4) is 0 Å². The van der Waals surface area contributed by atoms with Gasteiger partial charge >= 0.3 is 5.69 Å². The van der Waals surface area contributed by atoms with E-state index in [4.69, 9.17) is 32.7 Å². The van der Waals surface area contributed by atoms with Crippen molar-refractivity contribution < 1.29 is 9.47 Å². The van der Waals surface area contributed by atoms with E-state index in [0.29, 0.717) is 46.0 Å². The molecule has 0 fully saturated rings. The van der Waals surface area contributed by atoms with Crippen molar-refractivity contribution >= 4 is 40.3 Å². The number of benzene rings is 2. The van der Waals surface area contributed by atoms with Crippen LogP contribution >= 0.6 is 23.2 Å². The molecule has 0 aliphatic heterocycles. The summed E-state index contributed by atoms with van der Waals surface area (Å²) in [6.45, 7) is 0.699. The summed E-state index contributed by atoms with van der Waals surface area (Å²) in [5, 5.41) is 4.24. The van der Waals surface area contributed by atoms with Gasteiger partial charge in [0.2, 0.25) is 5.95 Å². The molecule has 2 heterocycles. The van der Waals surface area contributed by atoms with Crippen LogP contribution in [0.15, 0.2) is 46.0 Å². The molecule has 9 nitrogen and oxygen atoms in total. The molecular formula is C24H25Cl2N5O4. The lowest BCUT2D eigenvalue weighted by Gasteiger charge is -2.14. The summed E-state index contributed by atoms with van der Waals surface area (Å²) < 4.78 is 14.8. The highest BCUT2D eigenvalue weighted by Crippen LogP contribution is 2.29. The molecule has 1 N–H and O–H groups in total. The molecule has 0 spiro atoms. The molecule has 0 unspecified atom stereocenters. The summed E-state index contributed by atoms with van der Waals surface area (Å²) >= 11 is 12.8. The first-order valence-corrected chi connectivity index (χ1v) is 11.6. The summed E-state index contributed by atoms with van der Waals surface area (Å²) in [5.74, 6) is 1.72. The fourth-order valence-electron chi connectivity index (χ4n) is 3.93. The number of imidazole rings is 1. The topological polar surface area (TPSA) is 92.3 Å². The van der Waals surface area contributed by atoms with E-state index in [9.17, 15) is 9.59 Å². The van der Waals surface area contributed by atoms with Crippen molar-refractivity contribution in [3.05, 3.63) is 78.4 Å². The summed E-state index contributed by atoms with van der Waals surface area (Å²) in [6, 6.07) is 10.9. The van der Waals surface area contributed by atoms with Crippen LogP contribution in [0.4, 0.5) is 5.95 Å². The monoisotopic (exact) mass is 517 g/mol. The molecule has 0 radical (unpaired) electrons. The Labute approximate surface area is 211 Å². The van der Waals surface area contributed by atoms with Crippen molar-refractivity contribution in [3.8, 4) is 11.5 Å². The quantitative estimate of drug-likeness (QED) is 0.384. The van der Waals surface area contributed by atoms with Gasteiger partial charge in [-0.05, 0) is 36.2 Å². The number of methoxy groups -OCH3 is 2. The lowest BCUT2D eigenvalue weighted by atomic mass is 10.1. The molecule has 2 aromatic carbocycles.